The smallest absolute Gasteiger partial charge is 0.289 e. The Morgan fingerprint density at radius 2 is 1.80 bits per heavy atom. The molecule has 188 valence electrons. The summed E-state index contributed by atoms with van der Waals surface area (Å²) in [5.74, 6) is 3.82. The molecular formula is C26H34N4O4S. The maximum atomic E-state index is 12.3. The lowest BCUT2D eigenvalue weighted by molar-refractivity contribution is 0.0769. The summed E-state index contributed by atoms with van der Waals surface area (Å²) in [4.78, 5) is 25.5. The largest absolute Gasteiger partial charge is 0.493 e. The molecule has 0 atom stereocenters. The van der Waals surface area contributed by atoms with Crippen LogP contribution >= 0.6 is 11.8 Å². The van der Waals surface area contributed by atoms with Gasteiger partial charge >= 0.3 is 0 Å². The van der Waals surface area contributed by atoms with Crippen LogP contribution in [0, 0.1) is 0 Å². The number of benzene rings is 1. The molecule has 0 aliphatic heterocycles. The van der Waals surface area contributed by atoms with Crippen LogP contribution in [0.5, 0.6) is 11.5 Å². The third kappa shape index (κ3) is 6.91. The van der Waals surface area contributed by atoms with Gasteiger partial charge in [-0.15, -0.1) is 0 Å². The lowest BCUT2D eigenvalue weighted by Crippen LogP contribution is -2.25. The fraction of sp³-hybridized carbons (Fsp3) is 0.423. The van der Waals surface area contributed by atoms with Gasteiger partial charge in [-0.2, -0.15) is 0 Å². The average molecular weight is 499 g/mol. The quantitative estimate of drug-likeness (QED) is 0.262. The normalized spacial score (nSPS) is 10.8. The van der Waals surface area contributed by atoms with E-state index in [-0.39, 0.29) is 5.91 Å². The molecule has 0 bridgehead atoms. The van der Waals surface area contributed by atoms with E-state index in [2.05, 4.69) is 22.9 Å². The molecule has 35 heavy (non-hydrogen) atoms. The first-order valence-electron chi connectivity index (χ1n) is 11.6. The monoisotopic (exact) mass is 498 g/mol. The number of carbonyl (C=O) groups excluding carboxylic acids is 1. The standard InChI is InChI=1S/C26H34N4O4S/c1-7-19-16-24(30(4)14-13-18-9-11-21(32-5)23(15-18)33-6)28-26(27-19)35-17-20-10-12-22(34-20)25(31)29(3)8-2/h9-12,15-16H,7-8,13-14,17H2,1-6H3. The van der Waals surface area contributed by atoms with Crippen LogP contribution in [0.3, 0.4) is 0 Å². The molecule has 0 N–H and O–H groups in total. The van der Waals surface area contributed by atoms with Crippen molar-refractivity contribution in [1.82, 2.24) is 14.9 Å². The zero-order chi connectivity index (χ0) is 25.4. The van der Waals surface area contributed by atoms with Crippen LogP contribution in [0.4, 0.5) is 5.82 Å². The van der Waals surface area contributed by atoms with Crippen molar-refractivity contribution in [2.75, 3.05) is 46.3 Å². The summed E-state index contributed by atoms with van der Waals surface area (Å²) in [7, 11) is 7.07. The highest BCUT2D eigenvalue weighted by Crippen LogP contribution is 2.28. The van der Waals surface area contributed by atoms with Crippen LogP contribution in [-0.2, 0) is 18.6 Å². The number of thioether (sulfide) groups is 1. The number of furan rings is 1. The van der Waals surface area contributed by atoms with Crippen molar-refractivity contribution >= 4 is 23.5 Å². The Hall–Kier alpha value is -3.20. The molecule has 1 aromatic carbocycles. The number of rotatable bonds is 12. The maximum Gasteiger partial charge on any atom is 0.289 e. The SMILES string of the molecule is CCc1cc(N(C)CCc2ccc(OC)c(OC)c2)nc(SCc2ccc(C(=O)N(C)CC)o2)n1. The summed E-state index contributed by atoms with van der Waals surface area (Å²) >= 11 is 1.50. The van der Waals surface area contributed by atoms with E-state index in [1.165, 1.54) is 11.8 Å². The highest BCUT2D eigenvalue weighted by Gasteiger charge is 2.16. The summed E-state index contributed by atoms with van der Waals surface area (Å²) in [5, 5.41) is 0.687. The highest BCUT2D eigenvalue weighted by molar-refractivity contribution is 7.98. The molecular weight excluding hydrogens is 464 g/mol. The second-order valence-corrected chi connectivity index (χ2v) is 9.03. The van der Waals surface area contributed by atoms with Crippen molar-refractivity contribution in [2.45, 2.75) is 37.6 Å². The maximum absolute atomic E-state index is 12.3. The van der Waals surface area contributed by atoms with E-state index in [9.17, 15) is 4.79 Å². The molecule has 2 aromatic heterocycles. The highest BCUT2D eigenvalue weighted by atomic mass is 32.2. The van der Waals surface area contributed by atoms with E-state index >= 15 is 0 Å². The van der Waals surface area contributed by atoms with E-state index in [0.29, 0.717) is 23.2 Å². The van der Waals surface area contributed by atoms with Crippen molar-refractivity contribution in [3.8, 4) is 11.5 Å². The number of likely N-dealkylation sites (N-methyl/N-ethyl adjacent to an activating group) is 1. The number of methoxy groups -OCH3 is 2. The number of carbonyl (C=O) groups is 1. The van der Waals surface area contributed by atoms with Gasteiger partial charge in [-0.3, -0.25) is 4.79 Å². The van der Waals surface area contributed by atoms with Crippen molar-refractivity contribution in [3.05, 3.63) is 59.2 Å². The predicted molar refractivity (Wildman–Crippen MR) is 139 cm³/mol. The van der Waals surface area contributed by atoms with Crippen LogP contribution < -0.4 is 14.4 Å². The minimum atomic E-state index is -0.119. The van der Waals surface area contributed by atoms with E-state index in [0.717, 1.165) is 53.7 Å². The molecule has 0 aliphatic rings. The molecule has 8 nitrogen and oxygen atoms in total. The number of amides is 1. The molecule has 2 heterocycles. The lowest BCUT2D eigenvalue weighted by Gasteiger charge is -2.20. The number of aryl methyl sites for hydroxylation is 1. The Morgan fingerprint density at radius 3 is 2.49 bits per heavy atom. The minimum Gasteiger partial charge on any atom is -0.493 e. The molecule has 1 amide bonds. The molecule has 3 aromatic rings. The fourth-order valence-electron chi connectivity index (χ4n) is 3.39. The number of hydrogen-bond donors (Lipinski definition) is 0. The van der Waals surface area contributed by atoms with Gasteiger partial charge in [-0.05, 0) is 49.6 Å². The van der Waals surface area contributed by atoms with Gasteiger partial charge < -0.3 is 23.7 Å². The van der Waals surface area contributed by atoms with Gasteiger partial charge in [0, 0.05) is 38.9 Å². The number of ether oxygens (including phenoxy) is 2. The van der Waals surface area contributed by atoms with Crippen LogP contribution in [0.1, 0.15) is 41.4 Å². The number of anilines is 1. The first-order chi connectivity index (χ1) is 16.9. The van der Waals surface area contributed by atoms with Gasteiger partial charge in [-0.1, -0.05) is 24.8 Å². The van der Waals surface area contributed by atoms with Crippen LogP contribution in [-0.4, -0.2) is 62.2 Å². The molecule has 0 spiro atoms. The van der Waals surface area contributed by atoms with E-state index in [1.807, 2.05) is 38.2 Å². The van der Waals surface area contributed by atoms with Gasteiger partial charge in [0.05, 0.1) is 20.0 Å². The summed E-state index contributed by atoms with van der Waals surface area (Å²) in [6.45, 7) is 5.43. The minimum absolute atomic E-state index is 0.119. The Balaban J connectivity index is 1.66. The van der Waals surface area contributed by atoms with E-state index in [4.69, 9.17) is 18.9 Å². The molecule has 0 radical (unpaired) electrons. The van der Waals surface area contributed by atoms with Gasteiger partial charge in [-0.25, -0.2) is 9.97 Å². The second kappa shape index (κ2) is 12.5. The predicted octanol–water partition coefficient (Wildman–Crippen LogP) is 4.71. The first-order valence-corrected chi connectivity index (χ1v) is 12.6. The summed E-state index contributed by atoms with van der Waals surface area (Å²) in [5.41, 5.74) is 2.14. The topological polar surface area (TPSA) is 80.9 Å². The second-order valence-electron chi connectivity index (χ2n) is 8.09. The Bertz CT molecular complexity index is 1130. The lowest BCUT2D eigenvalue weighted by atomic mass is 10.1. The third-order valence-corrected chi connectivity index (χ3v) is 6.59. The summed E-state index contributed by atoms with van der Waals surface area (Å²) < 4.78 is 16.5. The molecule has 0 saturated heterocycles. The molecule has 9 heteroatoms. The van der Waals surface area contributed by atoms with Gasteiger partial charge in [0.25, 0.3) is 5.91 Å². The van der Waals surface area contributed by atoms with Crippen molar-refractivity contribution in [3.63, 3.8) is 0 Å². The molecule has 0 unspecified atom stereocenters. The Labute approximate surface area is 211 Å². The molecule has 0 fully saturated rings. The number of aromatic nitrogens is 2. The van der Waals surface area contributed by atoms with Crippen molar-refractivity contribution < 1.29 is 18.7 Å². The van der Waals surface area contributed by atoms with Crippen LogP contribution in [0.2, 0.25) is 0 Å². The van der Waals surface area contributed by atoms with E-state index in [1.54, 1.807) is 32.2 Å². The number of hydrogen-bond acceptors (Lipinski definition) is 8. The zero-order valence-electron chi connectivity index (χ0n) is 21.3. The third-order valence-electron chi connectivity index (χ3n) is 5.72. The van der Waals surface area contributed by atoms with Gasteiger partial charge in [0.2, 0.25) is 0 Å². The van der Waals surface area contributed by atoms with Crippen LogP contribution in [0.15, 0.2) is 46.0 Å². The fourth-order valence-corrected chi connectivity index (χ4v) is 4.15. The zero-order valence-corrected chi connectivity index (χ0v) is 22.1. The molecule has 0 saturated carbocycles. The molecule has 0 aliphatic carbocycles. The number of nitrogens with zero attached hydrogens (tertiary/aromatic N) is 4. The summed E-state index contributed by atoms with van der Waals surface area (Å²) in [6, 6.07) is 11.6. The molecule has 3 rings (SSSR count). The van der Waals surface area contributed by atoms with E-state index < -0.39 is 0 Å². The summed E-state index contributed by atoms with van der Waals surface area (Å²) in [6.07, 6.45) is 1.65. The first kappa shape index (κ1) is 26.4. The van der Waals surface area contributed by atoms with Crippen molar-refractivity contribution in [2.24, 2.45) is 0 Å². The average Bonchev–Trinajstić information content (AvgIpc) is 3.38. The Kier molecular flexibility index (Phi) is 9.42. The Morgan fingerprint density at radius 1 is 1.03 bits per heavy atom. The van der Waals surface area contributed by atoms with Gasteiger partial charge in [0.15, 0.2) is 22.4 Å². The van der Waals surface area contributed by atoms with Crippen LogP contribution in [0.25, 0.3) is 0 Å². The van der Waals surface area contributed by atoms with Crippen molar-refractivity contribution in [1.29, 1.82) is 0 Å². The van der Waals surface area contributed by atoms with Gasteiger partial charge in [0.1, 0.15) is 11.6 Å².